The van der Waals surface area contributed by atoms with E-state index in [1.165, 1.54) is 0 Å². The maximum atomic E-state index is 12.7. The van der Waals surface area contributed by atoms with E-state index >= 15 is 0 Å². The fourth-order valence-electron chi connectivity index (χ4n) is 4.94. The van der Waals surface area contributed by atoms with E-state index in [9.17, 15) is 19.2 Å². The van der Waals surface area contributed by atoms with Crippen LogP contribution in [0.1, 0.15) is 56.8 Å². The van der Waals surface area contributed by atoms with Crippen LogP contribution in [0.2, 0.25) is 0 Å². The lowest BCUT2D eigenvalue weighted by Gasteiger charge is -2.19. The monoisotopic (exact) mass is 596 g/mol. The highest BCUT2D eigenvalue weighted by Crippen LogP contribution is 2.33. The first-order valence-corrected chi connectivity index (χ1v) is 15.4. The van der Waals surface area contributed by atoms with Gasteiger partial charge in [0.25, 0.3) is 5.91 Å². The quantitative estimate of drug-likeness (QED) is 0.158. The standard InChI is InChI=1S/C31H40N4O6S/c1-31(2,3)41-27(37)18-40-23-13-11-20(12-14-23)21-7-6-8-22(17-21)29(38)33-16-15-32-26(36)10-5-4-9-25-28-24(19-42-25)34-30(39)35-28/h6-8,11-14,17,24-25,28H,4-5,9-10,15-16,18-19H2,1-3H3,(H,32,36)(H,33,38)(H2,34,35,39)/t24-,25-,28-/m0/s1. The SMILES string of the molecule is CC(C)(C)OC(=O)COc1ccc(-c2cccc(C(=O)NCCNC(=O)CCCC[C@@H]3SC[C@@H]4NC(=O)N[C@@H]43)c2)cc1. The van der Waals surface area contributed by atoms with E-state index < -0.39 is 11.6 Å². The Hall–Kier alpha value is -3.73. The summed E-state index contributed by atoms with van der Waals surface area (Å²) in [6, 6.07) is 14.9. The fraction of sp³-hybridized carbons (Fsp3) is 0.484. The molecule has 2 aliphatic rings. The summed E-state index contributed by atoms with van der Waals surface area (Å²) in [6.45, 7) is 5.92. The number of urea groups is 1. The van der Waals surface area contributed by atoms with Crippen molar-refractivity contribution >= 4 is 35.6 Å². The number of esters is 1. The maximum absolute atomic E-state index is 12.7. The van der Waals surface area contributed by atoms with E-state index in [4.69, 9.17) is 9.47 Å². The van der Waals surface area contributed by atoms with Gasteiger partial charge in [0, 0.05) is 36.1 Å². The minimum atomic E-state index is -0.565. The smallest absolute Gasteiger partial charge is 0.344 e. The third-order valence-electron chi connectivity index (χ3n) is 6.90. The lowest BCUT2D eigenvalue weighted by Crippen LogP contribution is -2.36. The Bertz CT molecular complexity index is 1260. The molecular formula is C31H40N4O6S. The average molecular weight is 597 g/mol. The van der Waals surface area contributed by atoms with Crippen LogP contribution < -0.4 is 26.0 Å². The second-order valence-electron chi connectivity index (χ2n) is 11.5. The van der Waals surface area contributed by atoms with Crippen LogP contribution in [0, 0.1) is 0 Å². The summed E-state index contributed by atoms with van der Waals surface area (Å²) < 4.78 is 10.8. The highest BCUT2D eigenvalue weighted by Gasteiger charge is 2.42. The van der Waals surface area contributed by atoms with Gasteiger partial charge in [0.2, 0.25) is 5.91 Å². The highest BCUT2D eigenvalue weighted by molar-refractivity contribution is 8.00. The number of rotatable bonds is 13. The summed E-state index contributed by atoms with van der Waals surface area (Å²) in [5.74, 6) is 0.799. The Morgan fingerprint density at radius 1 is 0.976 bits per heavy atom. The third kappa shape index (κ3) is 9.40. The molecule has 2 aromatic carbocycles. The lowest BCUT2D eigenvalue weighted by molar-refractivity contribution is -0.157. The Morgan fingerprint density at radius 2 is 1.74 bits per heavy atom. The number of carbonyl (C=O) groups is 4. The molecule has 4 N–H and O–H groups in total. The van der Waals surface area contributed by atoms with Gasteiger partial charge >= 0.3 is 12.0 Å². The summed E-state index contributed by atoms with van der Waals surface area (Å²) >= 11 is 1.88. The molecule has 2 fully saturated rings. The highest BCUT2D eigenvalue weighted by atomic mass is 32.2. The first kappa shape index (κ1) is 31.2. The molecule has 4 amide bonds. The van der Waals surface area contributed by atoms with Gasteiger partial charge in [-0.25, -0.2) is 9.59 Å². The van der Waals surface area contributed by atoms with E-state index in [0.717, 1.165) is 36.1 Å². The van der Waals surface area contributed by atoms with Crippen LogP contribution in [-0.4, -0.2) is 72.2 Å². The molecule has 2 aromatic rings. The van der Waals surface area contributed by atoms with Crippen LogP contribution in [-0.2, 0) is 14.3 Å². The predicted octanol–water partition coefficient (Wildman–Crippen LogP) is 3.65. The molecule has 4 rings (SSSR count). The molecule has 0 bridgehead atoms. The van der Waals surface area contributed by atoms with Crippen molar-refractivity contribution in [3.8, 4) is 16.9 Å². The van der Waals surface area contributed by atoms with Gasteiger partial charge in [0.05, 0.1) is 12.1 Å². The Balaban J connectivity index is 1.12. The second kappa shape index (κ2) is 14.4. The van der Waals surface area contributed by atoms with Crippen molar-refractivity contribution in [1.29, 1.82) is 0 Å². The molecule has 2 heterocycles. The van der Waals surface area contributed by atoms with Crippen LogP contribution in [0.5, 0.6) is 5.75 Å². The van der Waals surface area contributed by atoms with Gasteiger partial charge in [-0.2, -0.15) is 11.8 Å². The largest absolute Gasteiger partial charge is 0.482 e. The van der Waals surface area contributed by atoms with Crippen LogP contribution in [0.3, 0.4) is 0 Å². The molecule has 2 saturated heterocycles. The second-order valence-corrected chi connectivity index (χ2v) is 12.7. The Labute approximate surface area is 251 Å². The molecule has 10 nitrogen and oxygen atoms in total. The molecule has 2 aliphatic heterocycles. The molecule has 0 aliphatic carbocycles. The summed E-state index contributed by atoms with van der Waals surface area (Å²) in [6.07, 6.45) is 3.13. The number of benzene rings is 2. The van der Waals surface area contributed by atoms with Crippen LogP contribution in [0.25, 0.3) is 11.1 Å². The molecule has 0 radical (unpaired) electrons. The minimum absolute atomic E-state index is 0.0300. The van der Waals surface area contributed by atoms with Crippen molar-refractivity contribution in [2.24, 2.45) is 0 Å². The molecule has 11 heteroatoms. The lowest BCUT2D eigenvalue weighted by atomic mass is 10.0. The molecule has 0 unspecified atom stereocenters. The number of hydrogen-bond acceptors (Lipinski definition) is 7. The Morgan fingerprint density at radius 3 is 2.50 bits per heavy atom. The average Bonchev–Trinajstić information content (AvgIpc) is 3.50. The van der Waals surface area contributed by atoms with Gasteiger partial charge in [0.15, 0.2) is 6.61 Å². The normalized spacial score (nSPS) is 19.3. The third-order valence-corrected chi connectivity index (χ3v) is 8.41. The number of unbranched alkanes of at least 4 members (excludes halogenated alkanes) is 1. The zero-order valence-electron chi connectivity index (χ0n) is 24.4. The predicted molar refractivity (Wildman–Crippen MR) is 163 cm³/mol. The maximum Gasteiger partial charge on any atom is 0.344 e. The van der Waals surface area contributed by atoms with Crippen LogP contribution >= 0.6 is 11.8 Å². The fourth-order valence-corrected chi connectivity index (χ4v) is 6.48. The van der Waals surface area contributed by atoms with Crippen LogP contribution in [0.4, 0.5) is 4.79 Å². The van der Waals surface area contributed by atoms with E-state index in [1.807, 2.05) is 42.1 Å². The zero-order valence-corrected chi connectivity index (χ0v) is 25.2. The molecule has 0 aromatic heterocycles. The summed E-state index contributed by atoms with van der Waals surface area (Å²) in [5, 5.41) is 12.1. The van der Waals surface area contributed by atoms with Gasteiger partial charge in [-0.15, -0.1) is 0 Å². The first-order chi connectivity index (χ1) is 20.1. The van der Waals surface area contributed by atoms with E-state index in [-0.39, 0.29) is 36.5 Å². The molecule has 3 atom stereocenters. The van der Waals surface area contributed by atoms with Gasteiger partial charge < -0.3 is 30.7 Å². The van der Waals surface area contributed by atoms with Crippen LogP contribution in [0.15, 0.2) is 48.5 Å². The Kier molecular flexibility index (Phi) is 10.7. The van der Waals surface area contributed by atoms with Crippen molar-refractivity contribution in [3.63, 3.8) is 0 Å². The number of nitrogens with one attached hydrogen (secondary N) is 4. The number of ether oxygens (including phenoxy) is 2. The van der Waals surface area contributed by atoms with Crippen molar-refractivity contribution in [2.45, 2.75) is 69.4 Å². The minimum Gasteiger partial charge on any atom is -0.482 e. The summed E-state index contributed by atoms with van der Waals surface area (Å²) in [7, 11) is 0. The first-order valence-electron chi connectivity index (χ1n) is 14.4. The molecule has 226 valence electrons. The van der Waals surface area contributed by atoms with Crippen molar-refractivity contribution in [1.82, 2.24) is 21.3 Å². The number of hydrogen-bond donors (Lipinski definition) is 4. The van der Waals surface area contributed by atoms with E-state index in [0.29, 0.717) is 36.1 Å². The van der Waals surface area contributed by atoms with E-state index in [1.54, 1.807) is 39.0 Å². The molecular weight excluding hydrogens is 556 g/mol. The molecule has 0 spiro atoms. The van der Waals surface area contributed by atoms with E-state index in [2.05, 4.69) is 21.3 Å². The van der Waals surface area contributed by atoms with Crippen molar-refractivity contribution in [3.05, 3.63) is 54.1 Å². The van der Waals surface area contributed by atoms with Gasteiger partial charge in [-0.05, 0) is 69.0 Å². The summed E-state index contributed by atoms with van der Waals surface area (Å²) in [5.41, 5.74) is 1.72. The molecule has 42 heavy (non-hydrogen) atoms. The van der Waals surface area contributed by atoms with Crippen molar-refractivity contribution in [2.75, 3.05) is 25.4 Å². The van der Waals surface area contributed by atoms with Crippen molar-refractivity contribution < 1.29 is 28.7 Å². The zero-order chi connectivity index (χ0) is 30.1. The molecule has 0 saturated carbocycles. The van der Waals surface area contributed by atoms with Gasteiger partial charge in [-0.3, -0.25) is 9.59 Å². The number of thioether (sulfide) groups is 1. The number of amides is 4. The van der Waals surface area contributed by atoms with Gasteiger partial charge in [0.1, 0.15) is 11.4 Å². The van der Waals surface area contributed by atoms with Gasteiger partial charge in [-0.1, -0.05) is 30.7 Å². The topological polar surface area (TPSA) is 135 Å². The summed E-state index contributed by atoms with van der Waals surface area (Å²) in [4.78, 5) is 48.2. The number of carbonyl (C=O) groups excluding carboxylic acids is 4. The number of fused-ring (bicyclic) bond motifs is 1.